The van der Waals surface area contributed by atoms with Crippen molar-refractivity contribution in [3.63, 3.8) is 0 Å². The van der Waals surface area contributed by atoms with Gasteiger partial charge in [-0.2, -0.15) is 0 Å². The summed E-state index contributed by atoms with van der Waals surface area (Å²) in [7, 11) is 1.81. The summed E-state index contributed by atoms with van der Waals surface area (Å²) in [6.45, 7) is 3.15. The predicted octanol–water partition coefficient (Wildman–Crippen LogP) is 0.509. The second kappa shape index (κ2) is 8.47. The number of nitrogens with one attached hydrogen (secondary N) is 2. The van der Waals surface area contributed by atoms with Crippen LogP contribution in [0.25, 0.3) is 0 Å². The van der Waals surface area contributed by atoms with Gasteiger partial charge in [-0.1, -0.05) is 0 Å². The van der Waals surface area contributed by atoms with Gasteiger partial charge in [0.15, 0.2) is 5.96 Å². The summed E-state index contributed by atoms with van der Waals surface area (Å²) in [6.07, 6.45) is 7.83. The molecule has 0 aromatic carbocycles. The van der Waals surface area contributed by atoms with E-state index in [1.807, 2.05) is 0 Å². The molecule has 9 heteroatoms. The fraction of sp³-hybridized carbons (Fsp3) is 0.647. The molecule has 2 N–H and O–H groups in total. The molecule has 3 aliphatic heterocycles. The van der Waals surface area contributed by atoms with Gasteiger partial charge in [-0.25, -0.2) is 4.98 Å². The zero-order valence-corrected chi connectivity index (χ0v) is 17.1. The quantitative estimate of drug-likeness (QED) is 0.287. The minimum Gasteiger partial charge on any atom is -0.374 e. The third kappa shape index (κ3) is 3.78. The maximum atomic E-state index is 11.9. The van der Waals surface area contributed by atoms with Crippen molar-refractivity contribution in [2.75, 3.05) is 33.2 Å². The van der Waals surface area contributed by atoms with Crippen LogP contribution in [0, 0.1) is 11.8 Å². The van der Waals surface area contributed by atoms with Gasteiger partial charge in [-0.3, -0.25) is 14.8 Å². The van der Waals surface area contributed by atoms with Crippen molar-refractivity contribution < 1.29 is 9.53 Å². The summed E-state index contributed by atoms with van der Waals surface area (Å²) in [6, 6.07) is 0. The number of fused-ring (bicyclic) bond motifs is 5. The normalized spacial score (nSPS) is 29.3. The molecule has 8 nitrogen and oxygen atoms in total. The molecule has 142 valence electrons. The summed E-state index contributed by atoms with van der Waals surface area (Å²) in [5.74, 6) is 1.99. The fourth-order valence-electron chi connectivity index (χ4n) is 4.32. The predicted molar refractivity (Wildman–Crippen MR) is 108 cm³/mol. The second-order valence-corrected chi connectivity index (χ2v) is 6.84. The summed E-state index contributed by atoms with van der Waals surface area (Å²) in [4.78, 5) is 26.5. The number of rotatable bonds is 4. The molecule has 0 spiro atoms. The molecule has 4 unspecified atom stereocenters. The summed E-state index contributed by atoms with van der Waals surface area (Å²) in [5.41, 5.74) is 0.328. The fourth-order valence-corrected chi connectivity index (χ4v) is 4.32. The van der Waals surface area contributed by atoms with E-state index in [1.165, 1.54) is 25.2 Å². The Morgan fingerprint density at radius 2 is 1.92 bits per heavy atom. The Balaban J connectivity index is 0.00000196. The number of aliphatic imine (C=N–C) groups is 1. The highest BCUT2D eigenvalue weighted by atomic mass is 127. The molecule has 3 aliphatic rings. The van der Waals surface area contributed by atoms with E-state index in [9.17, 15) is 4.79 Å². The molecule has 1 amide bonds. The first-order valence-electron chi connectivity index (χ1n) is 8.91. The minimum absolute atomic E-state index is 0. The van der Waals surface area contributed by atoms with E-state index in [4.69, 9.17) is 4.74 Å². The molecular weight excluding hydrogens is 447 g/mol. The lowest BCUT2D eigenvalue weighted by Gasteiger charge is -2.23. The van der Waals surface area contributed by atoms with Gasteiger partial charge in [0.1, 0.15) is 5.69 Å². The monoisotopic (exact) mass is 472 g/mol. The lowest BCUT2D eigenvalue weighted by molar-refractivity contribution is 0.0767. The Morgan fingerprint density at radius 1 is 1.23 bits per heavy atom. The molecule has 0 saturated carbocycles. The first-order chi connectivity index (χ1) is 12.3. The molecule has 3 saturated heterocycles. The Bertz CT molecular complexity index is 640. The molecule has 4 atom stereocenters. The van der Waals surface area contributed by atoms with Crippen LogP contribution in [-0.4, -0.2) is 72.2 Å². The molecular formula is C17H25IN6O2. The smallest absolute Gasteiger partial charge is 0.271 e. The maximum absolute atomic E-state index is 11.9. The topological polar surface area (TPSA) is 91.7 Å². The van der Waals surface area contributed by atoms with E-state index in [0.717, 1.165) is 19.0 Å². The van der Waals surface area contributed by atoms with Crippen LogP contribution >= 0.6 is 24.0 Å². The van der Waals surface area contributed by atoms with Crippen molar-refractivity contribution in [2.45, 2.75) is 25.0 Å². The number of aromatic nitrogens is 2. The van der Waals surface area contributed by atoms with Crippen LogP contribution in [0.4, 0.5) is 0 Å². The van der Waals surface area contributed by atoms with Crippen molar-refractivity contribution in [1.29, 1.82) is 0 Å². The van der Waals surface area contributed by atoms with Gasteiger partial charge in [-0.05, 0) is 12.8 Å². The number of carbonyl (C=O) groups excluding carboxylic acids is 1. The third-order valence-electron chi connectivity index (χ3n) is 5.45. The Hall–Kier alpha value is -1.49. The van der Waals surface area contributed by atoms with Crippen molar-refractivity contribution >= 4 is 35.8 Å². The van der Waals surface area contributed by atoms with Crippen LogP contribution in [0.15, 0.2) is 23.6 Å². The highest BCUT2D eigenvalue weighted by molar-refractivity contribution is 14.0. The number of nitrogens with zero attached hydrogens (tertiary/aromatic N) is 4. The first-order valence-corrected chi connectivity index (χ1v) is 8.91. The number of guanidine groups is 1. The van der Waals surface area contributed by atoms with Gasteiger partial charge in [0.05, 0.1) is 18.4 Å². The largest absolute Gasteiger partial charge is 0.374 e. The standard InChI is InChI=1S/C17H24N6O2.HI/c1-18-17(22-7-6-21-16(24)13-8-19-4-5-20-13)23-9-11-12(10-23)15-3-2-14(11)25-15;/h4-5,8,11-12,14-15H,2-3,6-7,9-10H2,1H3,(H,18,22)(H,21,24);1H. The molecule has 1 aromatic rings. The maximum Gasteiger partial charge on any atom is 0.271 e. The van der Waals surface area contributed by atoms with Crippen LogP contribution in [0.3, 0.4) is 0 Å². The first kappa shape index (κ1) is 19.3. The van der Waals surface area contributed by atoms with Crippen LogP contribution < -0.4 is 10.6 Å². The SMILES string of the molecule is CN=C(NCCNC(=O)c1cnccn1)N1CC2C3CCC(O3)C2C1.I. The van der Waals surface area contributed by atoms with Crippen LogP contribution in [0.2, 0.25) is 0 Å². The zero-order chi connectivity index (χ0) is 17.2. The van der Waals surface area contributed by atoms with Gasteiger partial charge in [-0.15, -0.1) is 24.0 Å². The van der Waals surface area contributed by atoms with Crippen LogP contribution in [-0.2, 0) is 4.74 Å². The number of halogens is 1. The Labute approximate surface area is 170 Å². The average Bonchev–Trinajstić information content (AvgIpc) is 3.35. The lowest BCUT2D eigenvalue weighted by Crippen LogP contribution is -2.44. The Kier molecular flexibility index (Phi) is 6.28. The van der Waals surface area contributed by atoms with E-state index in [0.29, 0.717) is 42.8 Å². The van der Waals surface area contributed by atoms with E-state index in [1.54, 1.807) is 13.2 Å². The second-order valence-electron chi connectivity index (χ2n) is 6.84. The van der Waals surface area contributed by atoms with E-state index in [2.05, 4.69) is 30.5 Å². The van der Waals surface area contributed by atoms with Gasteiger partial charge >= 0.3 is 0 Å². The van der Waals surface area contributed by atoms with Crippen molar-refractivity contribution in [3.05, 3.63) is 24.3 Å². The summed E-state index contributed by atoms with van der Waals surface area (Å²) in [5, 5.41) is 6.18. The Morgan fingerprint density at radius 3 is 2.54 bits per heavy atom. The van der Waals surface area contributed by atoms with Gasteiger partial charge in [0.25, 0.3) is 5.91 Å². The molecule has 2 bridgehead atoms. The lowest BCUT2D eigenvalue weighted by atomic mass is 9.82. The number of hydrogen-bond donors (Lipinski definition) is 2. The molecule has 4 heterocycles. The molecule has 1 aromatic heterocycles. The summed E-state index contributed by atoms with van der Waals surface area (Å²) >= 11 is 0. The molecule has 26 heavy (non-hydrogen) atoms. The van der Waals surface area contributed by atoms with Crippen LogP contribution in [0.5, 0.6) is 0 Å². The summed E-state index contributed by atoms with van der Waals surface area (Å²) < 4.78 is 6.02. The van der Waals surface area contributed by atoms with Crippen molar-refractivity contribution in [2.24, 2.45) is 16.8 Å². The average molecular weight is 472 g/mol. The number of likely N-dealkylation sites (tertiary alicyclic amines) is 1. The van der Waals surface area contributed by atoms with E-state index in [-0.39, 0.29) is 29.9 Å². The van der Waals surface area contributed by atoms with E-state index >= 15 is 0 Å². The molecule has 0 radical (unpaired) electrons. The highest BCUT2D eigenvalue weighted by Crippen LogP contribution is 2.47. The zero-order valence-electron chi connectivity index (χ0n) is 14.8. The number of amides is 1. The number of hydrogen-bond acceptors (Lipinski definition) is 5. The van der Waals surface area contributed by atoms with Gasteiger partial charge < -0.3 is 20.3 Å². The molecule has 3 fully saturated rings. The van der Waals surface area contributed by atoms with Crippen molar-refractivity contribution in [3.8, 4) is 0 Å². The number of carbonyl (C=O) groups is 1. The minimum atomic E-state index is -0.214. The van der Waals surface area contributed by atoms with E-state index < -0.39 is 0 Å². The highest BCUT2D eigenvalue weighted by Gasteiger charge is 2.53. The van der Waals surface area contributed by atoms with Gasteiger partial charge in [0.2, 0.25) is 0 Å². The van der Waals surface area contributed by atoms with Gasteiger partial charge in [0, 0.05) is 57.5 Å². The molecule has 4 rings (SSSR count). The third-order valence-corrected chi connectivity index (χ3v) is 5.45. The van der Waals surface area contributed by atoms with Crippen molar-refractivity contribution in [1.82, 2.24) is 25.5 Å². The van der Waals surface area contributed by atoms with Crippen LogP contribution in [0.1, 0.15) is 23.3 Å². The number of ether oxygens (including phenoxy) is 1. The molecule has 0 aliphatic carbocycles.